The van der Waals surface area contributed by atoms with E-state index in [-0.39, 0.29) is 24.0 Å². The van der Waals surface area contributed by atoms with Gasteiger partial charge < -0.3 is 15.5 Å². The lowest BCUT2D eigenvalue weighted by atomic mass is 10.1. The first-order valence-electron chi connectivity index (χ1n) is 8.29. The van der Waals surface area contributed by atoms with Crippen molar-refractivity contribution in [2.24, 2.45) is 4.99 Å². The molecule has 0 aliphatic heterocycles. The molecular weight excluding hydrogens is 423 g/mol. The van der Waals surface area contributed by atoms with Crippen molar-refractivity contribution >= 4 is 29.9 Å². The summed E-state index contributed by atoms with van der Waals surface area (Å²) in [6.07, 6.45) is 0. The number of nitrogens with one attached hydrogen (secondary N) is 2. The molecule has 4 nitrogen and oxygen atoms in total. The molecule has 2 aromatic rings. The average molecular weight is 452 g/mol. The molecule has 0 aromatic heterocycles. The smallest absolute Gasteiger partial charge is 0.191 e. The van der Waals surface area contributed by atoms with Crippen LogP contribution in [0.2, 0.25) is 0 Å². The summed E-state index contributed by atoms with van der Waals surface area (Å²) in [7, 11) is 5.96. The lowest BCUT2D eigenvalue weighted by Gasteiger charge is -2.13. The van der Waals surface area contributed by atoms with Gasteiger partial charge in [0.25, 0.3) is 0 Å². The number of rotatable bonds is 6. The molecule has 0 spiro atoms. The van der Waals surface area contributed by atoms with Gasteiger partial charge in [0.15, 0.2) is 5.96 Å². The fourth-order valence-corrected chi connectivity index (χ4v) is 2.54. The van der Waals surface area contributed by atoms with Gasteiger partial charge in [-0.15, -0.1) is 24.0 Å². The van der Waals surface area contributed by atoms with Crippen LogP contribution in [0.15, 0.2) is 53.5 Å². The molecule has 0 radical (unpaired) electrons. The Labute approximate surface area is 168 Å². The van der Waals surface area contributed by atoms with Gasteiger partial charge in [-0.2, -0.15) is 0 Å². The van der Waals surface area contributed by atoms with Crippen LogP contribution >= 0.6 is 24.0 Å². The number of hydrogen-bond acceptors (Lipinski definition) is 2. The quantitative estimate of drug-likeness (QED) is 0.400. The van der Waals surface area contributed by atoms with E-state index in [0.29, 0.717) is 0 Å². The number of halogens is 1. The van der Waals surface area contributed by atoms with E-state index >= 15 is 0 Å². The number of benzene rings is 2. The van der Waals surface area contributed by atoms with Crippen LogP contribution < -0.4 is 10.6 Å². The Morgan fingerprint density at radius 1 is 0.920 bits per heavy atom. The van der Waals surface area contributed by atoms with Gasteiger partial charge in [-0.1, -0.05) is 54.1 Å². The van der Waals surface area contributed by atoms with Crippen molar-refractivity contribution in [1.29, 1.82) is 0 Å². The molecule has 0 bridgehead atoms. The van der Waals surface area contributed by atoms with Crippen LogP contribution in [0.4, 0.5) is 0 Å². The highest BCUT2D eigenvalue weighted by Crippen LogP contribution is 2.06. The largest absolute Gasteiger partial charge is 0.352 e. The average Bonchev–Trinajstić information content (AvgIpc) is 2.56. The maximum Gasteiger partial charge on any atom is 0.191 e. The highest BCUT2D eigenvalue weighted by molar-refractivity contribution is 14.0. The summed E-state index contributed by atoms with van der Waals surface area (Å²) < 4.78 is 0. The van der Waals surface area contributed by atoms with Crippen LogP contribution in [0.25, 0.3) is 0 Å². The summed E-state index contributed by atoms with van der Waals surface area (Å²) in [5.74, 6) is 0.814. The molecule has 0 heterocycles. The topological polar surface area (TPSA) is 39.7 Å². The Kier molecular flexibility index (Phi) is 9.52. The molecule has 2 aromatic carbocycles. The minimum atomic E-state index is 0. The van der Waals surface area contributed by atoms with Gasteiger partial charge in [0.2, 0.25) is 0 Å². The molecule has 0 atom stereocenters. The van der Waals surface area contributed by atoms with Gasteiger partial charge in [-0.3, -0.25) is 4.99 Å². The second kappa shape index (κ2) is 11.1. The first-order chi connectivity index (χ1) is 11.6. The monoisotopic (exact) mass is 452 g/mol. The summed E-state index contributed by atoms with van der Waals surface area (Å²) in [6, 6.07) is 17.2. The molecule has 0 fully saturated rings. The third-order valence-corrected chi connectivity index (χ3v) is 3.75. The number of guanidine groups is 1. The predicted molar refractivity (Wildman–Crippen MR) is 117 cm³/mol. The molecule has 2 rings (SSSR count). The van der Waals surface area contributed by atoms with Crippen LogP contribution in [0.1, 0.15) is 22.3 Å². The molecule has 0 aliphatic rings. The maximum absolute atomic E-state index is 4.29. The number of nitrogens with zero attached hydrogens (tertiary/aromatic N) is 2. The zero-order valence-electron chi connectivity index (χ0n) is 15.5. The van der Waals surface area contributed by atoms with Crippen molar-refractivity contribution in [3.63, 3.8) is 0 Å². The van der Waals surface area contributed by atoms with Crippen LogP contribution in [0, 0.1) is 6.92 Å². The Balaban J connectivity index is 0.00000312. The zero-order valence-corrected chi connectivity index (χ0v) is 17.9. The van der Waals surface area contributed by atoms with Gasteiger partial charge in [-0.25, -0.2) is 0 Å². The van der Waals surface area contributed by atoms with Gasteiger partial charge in [0, 0.05) is 26.7 Å². The van der Waals surface area contributed by atoms with Crippen molar-refractivity contribution in [2.75, 3.05) is 21.1 Å². The second-order valence-electron chi connectivity index (χ2n) is 6.32. The Morgan fingerprint density at radius 2 is 1.52 bits per heavy atom. The molecule has 0 unspecified atom stereocenters. The Hall–Kier alpha value is -1.60. The number of aliphatic imine (C=N–C) groups is 1. The van der Waals surface area contributed by atoms with Gasteiger partial charge in [-0.05, 0) is 37.7 Å². The maximum atomic E-state index is 4.29. The first kappa shape index (κ1) is 21.4. The molecule has 0 aliphatic carbocycles. The van der Waals surface area contributed by atoms with Crippen LogP contribution in [0.5, 0.6) is 0 Å². The van der Waals surface area contributed by atoms with E-state index in [0.717, 1.165) is 25.6 Å². The number of aryl methyl sites for hydroxylation is 1. The third kappa shape index (κ3) is 7.88. The molecular formula is C20H29IN4. The van der Waals surface area contributed by atoms with E-state index in [4.69, 9.17) is 0 Å². The molecule has 5 heteroatoms. The van der Waals surface area contributed by atoms with Crippen LogP contribution in [-0.4, -0.2) is 32.0 Å². The van der Waals surface area contributed by atoms with Gasteiger partial charge in [0.05, 0.1) is 0 Å². The van der Waals surface area contributed by atoms with E-state index in [2.05, 4.69) is 90.1 Å². The first-order valence-corrected chi connectivity index (χ1v) is 8.29. The molecule has 0 saturated heterocycles. The SMILES string of the molecule is CN=C(NCc1ccc(CN(C)C)cc1)NCc1cccc(C)c1.I. The predicted octanol–water partition coefficient (Wildman–Crippen LogP) is 3.54. The highest BCUT2D eigenvalue weighted by atomic mass is 127. The normalized spacial score (nSPS) is 11.2. The molecule has 136 valence electrons. The standard InChI is InChI=1S/C20H28N4.HI/c1-16-6-5-7-19(12-16)14-23-20(21-2)22-13-17-8-10-18(11-9-17)15-24(3)4;/h5-12H,13-15H2,1-4H3,(H2,21,22,23);1H. The van der Waals surface area contributed by atoms with Gasteiger partial charge in [0.1, 0.15) is 0 Å². The van der Waals surface area contributed by atoms with E-state index in [1.54, 1.807) is 7.05 Å². The van der Waals surface area contributed by atoms with Crippen LogP contribution in [-0.2, 0) is 19.6 Å². The van der Waals surface area contributed by atoms with Gasteiger partial charge >= 0.3 is 0 Å². The van der Waals surface area contributed by atoms with Crippen molar-refractivity contribution in [2.45, 2.75) is 26.6 Å². The molecule has 0 amide bonds. The van der Waals surface area contributed by atoms with E-state index in [9.17, 15) is 0 Å². The van der Waals surface area contributed by atoms with Crippen molar-refractivity contribution in [3.8, 4) is 0 Å². The third-order valence-electron chi connectivity index (χ3n) is 3.75. The fraction of sp³-hybridized carbons (Fsp3) is 0.350. The molecule has 25 heavy (non-hydrogen) atoms. The summed E-state index contributed by atoms with van der Waals surface area (Å²) in [5, 5.41) is 6.71. The highest BCUT2D eigenvalue weighted by Gasteiger charge is 2.00. The fourth-order valence-electron chi connectivity index (χ4n) is 2.54. The summed E-state index contributed by atoms with van der Waals surface area (Å²) in [6.45, 7) is 4.60. The van der Waals surface area contributed by atoms with Crippen molar-refractivity contribution < 1.29 is 0 Å². The minimum absolute atomic E-state index is 0. The lowest BCUT2D eigenvalue weighted by Crippen LogP contribution is -2.36. The molecule has 0 saturated carbocycles. The Morgan fingerprint density at radius 3 is 2.08 bits per heavy atom. The lowest BCUT2D eigenvalue weighted by molar-refractivity contribution is 0.402. The van der Waals surface area contributed by atoms with E-state index in [1.807, 2.05) is 0 Å². The summed E-state index contributed by atoms with van der Waals surface area (Å²) in [5.41, 5.74) is 5.10. The second-order valence-corrected chi connectivity index (χ2v) is 6.32. The summed E-state index contributed by atoms with van der Waals surface area (Å²) >= 11 is 0. The number of hydrogen-bond donors (Lipinski definition) is 2. The van der Waals surface area contributed by atoms with E-state index in [1.165, 1.54) is 22.3 Å². The molecule has 2 N–H and O–H groups in total. The zero-order chi connectivity index (χ0) is 17.4. The Bertz CT molecular complexity index is 666. The minimum Gasteiger partial charge on any atom is -0.352 e. The summed E-state index contributed by atoms with van der Waals surface area (Å²) in [4.78, 5) is 6.46. The van der Waals surface area contributed by atoms with Crippen molar-refractivity contribution in [3.05, 3.63) is 70.8 Å². The van der Waals surface area contributed by atoms with Crippen LogP contribution in [0.3, 0.4) is 0 Å². The van der Waals surface area contributed by atoms with Crippen molar-refractivity contribution in [1.82, 2.24) is 15.5 Å². The van der Waals surface area contributed by atoms with E-state index < -0.39 is 0 Å².